The molecule has 0 aromatic heterocycles. The predicted molar refractivity (Wildman–Crippen MR) is 203 cm³/mol. The Morgan fingerprint density at radius 3 is 1.86 bits per heavy atom. The van der Waals surface area contributed by atoms with Gasteiger partial charge in [-0.2, -0.15) is 0 Å². The average Bonchev–Trinajstić information content (AvgIpc) is 3.11. The van der Waals surface area contributed by atoms with Gasteiger partial charge in [-0.05, 0) is 110 Å². The summed E-state index contributed by atoms with van der Waals surface area (Å²) in [6.07, 6.45) is -4.74. The summed E-state index contributed by atoms with van der Waals surface area (Å²) in [6, 6.07) is 0. The van der Waals surface area contributed by atoms with Gasteiger partial charge in [0.15, 0.2) is 23.1 Å². The van der Waals surface area contributed by atoms with E-state index in [1.54, 1.807) is 0 Å². The van der Waals surface area contributed by atoms with Crippen molar-refractivity contribution in [1.82, 2.24) is 0 Å². The van der Waals surface area contributed by atoms with Crippen molar-refractivity contribution in [3.63, 3.8) is 0 Å². The molecule has 0 aromatic carbocycles. The second kappa shape index (κ2) is 15.4. The van der Waals surface area contributed by atoms with Crippen LogP contribution in [0.25, 0.3) is 0 Å². The van der Waals surface area contributed by atoms with Crippen molar-refractivity contribution in [2.75, 3.05) is 0 Å². The van der Waals surface area contributed by atoms with E-state index in [9.17, 15) is 65.1 Å². The summed E-state index contributed by atoms with van der Waals surface area (Å²) in [6.45, 7) is 14.5. The van der Waals surface area contributed by atoms with Gasteiger partial charge in [0, 0.05) is 5.92 Å². The third-order valence-electron chi connectivity index (χ3n) is 15.9. The van der Waals surface area contributed by atoms with Gasteiger partial charge in [-0.25, -0.2) is 0 Å². The summed E-state index contributed by atoms with van der Waals surface area (Å²) in [5, 5.41) is 102. The predicted octanol–water partition coefficient (Wildman–Crippen LogP) is 4.86. The lowest BCUT2D eigenvalue weighted by Crippen LogP contribution is -2.66. The Labute approximate surface area is 337 Å². The molecule has 5 aliphatic rings. The first-order valence-electron chi connectivity index (χ1n) is 20.1. The fourth-order valence-electron chi connectivity index (χ4n) is 12.2. The third kappa shape index (κ3) is 7.41. The molecule has 0 amide bonds. The van der Waals surface area contributed by atoms with Crippen molar-refractivity contribution >= 4 is 23.7 Å². The summed E-state index contributed by atoms with van der Waals surface area (Å²) < 4.78 is 11.2. The molecular formula is C42H62O16. The van der Waals surface area contributed by atoms with E-state index in [1.165, 1.54) is 0 Å². The molecule has 13 atom stereocenters. The van der Waals surface area contributed by atoms with Gasteiger partial charge in [-0.1, -0.05) is 47.1 Å². The molecule has 0 saturated heterocycles. The molecule has 0 spiro atoms. The quantitative estimate of drug-likeness (QED) is 0.0877. The van der Waals surface area contributed by atoms with Gasteiger partial charge in [-0.3, -0.25) is 19.2 Å². The fraction of sp³-hybridized carbons (Fsp3) is 0.762. The SMILES string of the molecule is CC1(C)[C@@H](O[C@@H](O)/C(O[C@H](O)/C(O)=C(/O)[C@H](O)CC(=O)O)=C(/O)[C@@H](O)CC(=O)O)CC[C@]2(C)C3C(=O)C=C4[C@@H]5C[C@@](C)(C(=O)O)CC[C@]5(C)CC[C@@]4(C)[C@]3(C)CC[C@@H]12. The zero-order valence-corrected chi connectivity index (χ0v) is 34.4. The molecule has 0 bridgehead atoms. The minimum atomic E-state index is -2.67. The Kier molecular flexibility index (Phi) is 12.1. The van der Waals surface area contributed by atoms with Gasteiger partial charge in [0.25, 0.3) is 6.29 Å². The minimum absolute atomic E-state index is 0.0266. The van der Waals surface area contributed by atoms with E-state index < -0.39 is 106 Å². The highest BCUT2D eigenvalue weighted by atomic mass is 16.7. The number of ether oxygens (including phenoxy) is 2. The van der Waals surface area contributed by atoms with Crippen molar-refractivity contribution in [1.29, 1.82) is 0 Å². The Morgan fingerprint density at radius 2 is 1.29 bits per heavy atom. The van der Waals surface area contributed by atoms with Gasteiger partial charge in [-0.15, -0.1) is 0 Å². The molecule has 0 aromatic rings. The summed E-state index contributed by atoms with van der Waals surface area (Å²) >= 11 is 0. The molecule has 10 N–H and O–H groups in total. The summed E-state index contributed by atoms with van der Waals surface area (Å²) in [7, 11) is 0. The maximum absolute atomic E-state index is 14.7. The zero-order chi connectivity index (χ0) is 43.7. The van der Waals surface area contributed by atoms with E-state index in [4.69, 9.17) is 14.6 Å². The van der Waals surface area contributed by atoms with Crippen LogP contribution < -0.4 is 0 Å². The molecule has 5 aliphatic carbocycles. The van der Waals surface area contributed by atoms with Crippen molar-refractivity contribution in [3.05, 3.63) is 34.7 Å². The van der Waals surface area contributed by atoms with Gasteiger partial charge in [0.05, 0.1) is 24.4 Å². The van der Waals surface area contributed by atoms with Gasteiger partial charge in [0.1, 0.15) is 12.2 Å². The van der Waals surface area contributed by atoms with Crippen LogP contribution in [0.1, 0.15) is 119 Å². The first-order chi connectivity index (χ1) is 26.6. The van der Waals surface area contributed by atoms with Gasteiger partial charge >= 0.3 is 17.9 Å². The van der Waals surface area contributed by atoms with Crippen molar-refractivity contribution < 1.29 is 79.7 Å². The zero-order valence-electron chi connectivity index (χ0n) is 34.4. The first-order valence-corrected chi connectivity index (χ1v) is 20.1. The Bertz CT molecular complexity index is 1780. The van der Waals surface area contributed by atoms with Crippen molar-refractivity contribution in [2.45, 2.75) is 150 Å². The number of carbonyl (C=O) groups excluding carboxylic acids is 1. The summed E-state index contributed by atoms with van der Waals surface area (Å²) in [5.41, 5.74) is -2.06. The monoisotopic (exact) mass is 822 g/mol. The Morgan fingerprint density at radius 1 is 0.724 bits per heavy atom. The number of carboxylic acid groups (broad SMARTS) is 3. The lowest BCUT2D eigenvalue weighted by atomic mass is 9.33. The molecule has 4 saturated carbocycles. The highest BCUT2D eigenvalue weighted by Gasteiger charge is 2.70. The van der Waals surface area contributed by atoms with E-state index in [-0.39, 0.29) is 40.8 Å². The molecular weight excluding hydrogens is 760 g/mol. The van der Waals surface area contributed by atoms with Gasteiger partial charge < -0.3 is 60.5 Å². The minimum Gasteiger partial charge on any atom is -0.506 e. The van der Waals surface area contributed by atoms with Crippen LogP contribution in [0.15, 0.2) is 34.7 Å². The van der Waals surface area contributed by atoms with E-state index in [0.29, 0.717) is 32.1 Å². The maximum atomic E-state index is 14.7. The number of fused-ring (bicyclic) bond motifs is 7. The van der Waals surface area contributed by atoms with Crippen LogP contribution in [0.3, 0.4) is 0 Å². The topological polar surface area (TPSA) is 289 Å². The van der Waals surface area contributed by atoms with E-state index >= 15 is 0 Å². The third-order valence-corrected chi connectivity index (χ3v) is 15.9. The van der Waals surface area contributed by atoms with Crippen molar-refractivity contribution in [2.24, 2.45) is 50.2 Å². The molecule has 1 unspecified atom stereocenters. The average molecular weight is 823 g/mol. The maximum Gasteiger partial charge on any atom is 0.309 e. The normalized spacial score (nSPS) is 39.7. The number of aliphatic hydroxyl groups excluding tert-OH is 7. The summed E-state index contributed by atoms with van der Waals surface area (Å²) in [5.74, 6) is -9.80. The molecule has 0 heterocycles. The Hall–Kier alpha value is -3.70. The number of ketones is 1. The van der Waals surface area contributed by atoms with Crippen LogP contribution in [0.4, 0.5) is 0 Å². The number of rotatable bonds is 13. The molecule has 326 valence electrons. The molecule has 0 radical (unpaired) electrons. The highest BCUT2D eigenvalue weighted by Crippen LogP contribution is 2.75. The largest absolute Gasteiger partial charge is 0.506 e. The Balaban J connectivity index is 1.45. The number of hydrogen-bond donors (Lipinski definition) is 10. The lowest BCUT2D eigenvalue weighted by Gasteiger charge is -2.70. The lowest BCUT2D eigenvalue weighted by molar-refractivity contribution is -0.241. The van der Waals surface area contributed by atoms with E-state index in [1.807, 2.05) is 26.8 Å². The molecule has 0 aliphatic heterocycles. The van der Waals surface area contributed by atoms with Crippen LogP contribution >= 0.6 is 0 Å². The summed E-state index contributed by atoms with van der Waals surface area (Å²) in [4.78, 5) is 49.5. The second-order valence-electron chi connectivity index (χ2n) is 19.6. The fourth-order valence-corrected chi connectivity index (χ4v) is 12.2. The molecule has 16 nitrogen and oxygen atoms in total. The smallest absolute Gasteiger partial charge is 0.309 e. The standard InChI is InChI=1S/C42H62O16/c1-37(2)25-8-11-42(7)33(24(45)16-20-21-19-39(4,36(55)56)13-12-38(21,3)14-15-41(20,42)6)40(25,5)10-9-26(37)57-35(54)32(30(51)23(44)18-28(48)49)58-34(53)31(52)29(50)22(43)17-27(46)47/h16,21-23,25-26,33-35,43-44,50-54H,8-15,17-19H2,1-7H3,(H,46,47)(H,48,49)(H,55,56)/b31-29-,32-30-/t21-,22+,23-,25-,26-,33?,34-,35+,38+,39-,40-,41+,42+/m0/s1. The van der Waals surface area contributed by atoms with Crippen LogP contribution in [0.2, 0.25) is 0 Å². The van der Waals surface area contributed by atoms with Crippen LogP contribution in [0.5, 0.6) is 0 Å². The number of carbonyl (C=O) groups is 4. The number of aliphatic carboxylic acids is 3. The first kappa shape index (κ1) is 45.4. The number of carboxylic acids is 3. The van der Waals surface area contributed by atoms with Crippen molar-refractivity contribution in [3.8, 4) is 0 Å². The second-order valence-corrected chi connectivity index (χ2v) is 19.6. The van der Waals surface area contributed by atoms with E-state index in [0.717, 1.165) is 24.8 Å². The number of hydrogen-bond acceptors (Lipinski definition) is 13. The number of allylic oxidation sites excluding steroid dienone is 2. The number of aliphatic hydroxyl groups is 7. The molecule has 58 heavy (non-hydrogen) atoms. The highest BCUT2D eigenvalue weighted by molar-refractivity contribution is 5.95. The van der Waals surface area contributed by atoms with Crippen LogP contribution in [0, 0.1) is 50.2 Å². The molecule has 4 fully saturated rings. The molecule has 16 heteroatoms. The van der Waals surface area contributed by atoms with Crippen LogP contribution in [-0.2, 0) is 28.7 Å². The van der Waals surface area contributed by atoms with E-state index in [2.05, 4.69) is 27.7 Å². The van der Waals surface area contributed by atoms with Gasteiger partial charge in [0.2, 0.25) is 12.0 Å². The molecule has 5 rings (SSSR count). The van der Waals surface area contributed by atoms with Crippen LogP contribution in [-0.4, -0.2) is 106 Å².